The molecule has 0 saturated carbocycles. The van der Waals surface area contributed by atoms with Crippen LogP contribution < -0.4 is 5.32 Å². The quantitative estimate of drug-likeness (QED) is 0.655. The van der Waals surface area contributed by atoms with Gasteiger partial charge in [0.1, 0.15) is 0 Å². The summed E-state index contributed by atoms with van der Waals surface area (Å²) in [5.41, 5.74) is 0.0749. The van der Waals surface area contributed by atoms with E-state index in [2.05, 4.69) is 20.0 Å². The van der Waals surface area contributed by atoms with Crippen LogP contribution in [0, 0.1) is 5.92 Å². The third-order valence-electron chi connectivity index (χ3n) is 3.80. The lowest BCUT2D eigenvalue weighted by Crippen LogP contribution is -2.34. The van der Waals surface area contributed by atoms with Gasteiger partial charge in [-0.1, -0.05) is 0 Å². The Morgan fingerprint density at radius 1 is 1.42 bits per heavy atom. The number of methoxy groups -OCH3 is 1. The highest BCUT2D eigenvalue weighted by molar-refractivity contribution is 6.28. The third kappa shape index (κ3) is 4.21. The van der Waals surface area contributed by atoms with Crippen molar-refractivity contribution >= 4 is 23.5 Å². The van der Waals surface area contributed by atoms with Gasteiger partial charge >= 0.3 is 5.97 Å². The van der Waals surface area contributed by atoms with E-state index >= 15 is 0 Å². The molecule has 1 aliphatic rings. The average Bonchev–Trinajstić information content (AvgIpc) is 2.86. The molecule has 1 amide bonds. The molecule has 1 N–H and O–H groups in total. The molecule has 1 aromatic heterocycles. The Morgan fingerprint density at radius 3 is 2.67 bits per heavy atom. The first-order chi connectivity index (χ1) is 11.1. The Labute approximate surface area is 146 Å². The second-order valence-corrected chi connectivity index (χ2v) is 7.10. The summed E-state index contributed by atoms with van der Waals surface area (Å²) in [6.07, 6.45) is -0.190. The zero-order valence-corrected chi connectivity index (χ0v) is 15.2. The first-order valence-electron chi connectivity index (χ1n) is 7.70. The number of esters is 1. The Kier molecular flexibility index (Phi) is 5.45. The molecule has 2 heterocycles. The van der Waals surface area contributed by atoms with E-state index in [1.54, 1.807) is 0 Å². The largest absolute Gasteiger partial charge is 0.464 e. The number of amides is 1. The Morgan fingerprint density at radius 2 is 2.08 bits per heavy atom. The second-order valence-electron chi connectivity index (χ2n) is 6.76. The Bertz CT molecular complexity index is 645. The van der Waals surface area contributed by atoms with E-state index in [0.29, 0.717) is 12.2 Å². The van der Waals surface area contributed by atoms with Gasteiger partial charge < -0.3 is 14.8 Å². The van der Waals surface area contributed by atoms with Crippen LogP contribution in [0.25, 0.3) is 0 Å². The zero-order chi connectivity index (χ0) is 18.1. The number of hydrogen-bond acceptors (Lipinski definition) is 6. The van der Waals surface area contributed by atoms with E-state index in [1.807, 2.05) is 27.7 Å². The van der Waals surface area contributed by atoms with Gasteiger partial charge in [-0.25, -0.2) is 14.8 Å². The summed E-state index contributed by atoms with van der Waals surface area (Å²) < 4.78 is 10.7. The van der Waals surface area contributed by atoms with Crippen molar-refractivity contribution < 1.29 is 19.1 Å². The van der Waals surface area contributed by atoms with Crippen molar-refractivity contribution in [1.29, 1.82) is 0 Å². The molecule has 0 bridgehead atoms. The second kappa shape index (κ2) is 7.03. The Hall–Kier alpha value is -1.73. The van der Waals surface area contributed by atoms with Gasteiger partial charge in [0.05, 0.1) is 30.4 Å². The topological polar surface area (TPSA) is 90.4 Å². The SMILES string of the molecule is COC(=O)c1cc([C@@H]2C(=O)NCC2[C@@H](C)OC(C)(C)C)nc(Cl)n1. The van der Waals surface area contributed by atoms with Gasteiger partial charge in [0.2, 0.25) is 11.2 Å². The number of ether oxygens (including phenoxy) is 2. The molecule has 132 valence electrons. The van der Waals surface area contributed by atoms with Gasteiger partial charge in [-0.05, 0) is 45.4 Å². The highest BCUT2D eigenvalue weighted by Gasteiger charge is 2.42. The van der Waals surface area contributed by atoms with Crippen LogP contribution in [0.3, 0.4) is 0 Å². The van der Waals surface area contributed by atoms with Crippen molar-refractivity contribution in [3.05, 3.63) is 22.7 Å². The molecule has 0 radical (unpaired) electrons. The minimum absolute atomic E-state index is 0.0235. The number of rotatable bonds is 4. The van der Waals surface area contributed by atoms with Crippen LogP contribution in [0.1, 0.15) is 49.8 Å². The van der Waals surface area contributed by atoms with E-state index in [4.69, 9.17) is 16.3 Å². The Balaban J connectivity index is 2.35. The third-order valence-corrected chi connectivity index (χ3v) is 3.97. The van der Waals surface area contributed by atoms with Crippen molar-refractivity contribution in [2.75, 3.05) is 13.7 Å². The fourth-order valence-electron chi connectivity index (χ4n) is 2.88. The minimum atomic E-state index is -0.630. The number of nitrogens with zero attached hydrogens (tertiary/aromatic N) is 2. The summed E-state index contributed by atoms with van der Waals surface area (Å²) in [5.74, 6) is -1.50. The van der Waals surface area contributed by atoms with Gasteiger partial charge in [0.15, 0.2) is 5.69 Å². The average molecular weight is 356 g/mol. The van der Waals surface area contributed by atoms with Crippen LogP contribution in [-0.2, 0) is 14.3 Å². The lowest BCUT2D eigenvalue weighted by molar-refractivity contribution is -0.122. The molecule has 24 heavy (non-hydrogen) atoms. The molecule has 1 aromatic rings. The number of hydrogen-bond donors (Lipinski definition) is 1. The molecule has 0 aliphatic carbocycles. The molecular weight excluding hydrogens is 334 g/mol. The molecule has 8 heteroatoms. The lowest BCUT2D eigenvalue weighted by Gasteiger charge is -2.30. The maximum Gasteiger partial charge on any atom is 0.356 e. The van der Waals surface area contributed by atoms with Crippen molar-refractivity contribution in [2.45, 2.75) is 45.3 Å². The molecule has 1 fully saturated rings. The summed E-state index contributed by atoms with van der Waals surface area (Å²) in [7, 11) is 1.25. The van der Waals surface area contributed by atoms with Crippen LogP contribution in [0.2, 0.25) is 5.28 Å². The van der Waals surface area contributed by atoms with E-state index < -0.39 is 11.9 Å². The number of aromatic nitrogens is 2. The van der Waals surface area contributed by atoms with Gasteiger partial charge in [-0.15, -0.1) is 0 Å². The van der Waals surface area contributed by atoms with Gasteiger partial charge in [0, 0.05) is 12.5 Å². The highest BCUT2D eigenvalue weighted by atomic mass is 35.5. The summed E-state index contributed by atoms with van der Waals surface area (Å²) in [5, 5.41) is 2.73. The molecular formula is C16H22ClN3O4. The van der Waals surface area contributed by atoms with Gasteiger partial charge in [-0.3, -0.25) is 4.79 Å². The fourth-order valence-corrected chi connectivity index (χ4v) is 3.07. The smallest absolute Gasteiger partial charge is 0.356 e. The molecule has 0 aromatic carbocycles. The van der Waals surface area contributed by atoms with E-state index in [9.17, 15) is 9.59 Å². The first-order valence-corrected chi connectivity index (χ1v) is 8.08. The summed E-state index contributed by atoms with van der Waals surface area (Å²) in [6, 6.07) is 1.45. The van der Waals surface area contributed by atoms with Crippen LogP contribution in [0.15, 0.2) is 6.07 Å². The maximum atomic E-state index is 12.3. The minimum Gasteiger partial charge on any atom is -0.464 e. The highest BCUT2D eigenvalue weighted by Crippen LogP contribution is 2.33. The summed E-state index contributed by atoms with van der Waals surface area (Å²) >= 11 is 5.92. The predicted octanol–water partition coefficient (Wildman–Crippen LogP) is 1.95. The first kappa shape index (κ1) is 18.6. The number of nitrogens with one attached hydrogen (secondary N) is 1. The number of halogens is 1. The fraction of sp³-hybridized carbons (Fsp3) is 0.625. The molecule has 3 atom stereocenters. The monoisotopic (exact) mass is 355 g/mol. The van der Waals surface area contributed by atoms with Crippen molar-refractivity contribution in [3.8, 4) is 0 Å². The van der Waals surface area contributed by atoms with E-state index in [1.165, 1.54) is 13.2 Å². The lowest BCUT2D eigenvalue weighted by atomic mass is 9.87. The summed E-state index contributed by atoms with van der Waals surface area (Å²) in [6.45, 7) is 8.27. The molecule has 1 unspecified atom stereocenters. The zero-order valence-electron chi connectivity index (χ0n) is 14.4. The van der Waals surface area contributed by atoms with E-state index in [0.717, 1.165) is 0 Å². The van der Waals surface area contributed by atoms with Crippen LogP contribution in [-0.4, -0.2) is 47.2 Å². The summed E-state index contributed by atoms with van der Waals surface area (Å²) in [4.78, 5) is 32.0. The van der Waals surface area contributed by atoms with Crippen molar-refractivity contribution in [1.82, 2.24) is 15.3 Å². The van der Waals surface area contributed by atoms with Gasteiger partial charge in [-0.2, -0.15) is 0 Å². The van der Waals surface area contributed by atoms with E-state index in [-0.39, 0.29) is 34.5 Å². The van der Waals surface area contributed by atoms with Crippen LogP contribution >= 0.6 is 11.6 Å². The van der Waals surface area contributed by atoms with Crippen molar-refractivity contribution in [3.63, 3.8) is 0 Å². The van der Waals surface area contributed by atoms with Crippen molar-refractivity contribution in [2.24, 2.45) is 5.92 Å². The molecule has 1 aliphatic heterocycles. The molecule has 2 rings (SSSR count). The van der Waals surface area contributed by atoms with Gasteiger partial charge in [0.25, 0.3) is 0 Å². The van der Waals surface area contributed by atoms with Crippen LogP contribution in [0.4, 0.5) is 0 Å². The van der Waals surface area contributed by atoms with Crippen LogP contribution in [0.5, 0.6) is 0 Å². The number of carbonyl (C=O) groups is 2. The predicted molar refractivity (Wildman–Crippen MR) is 87.9 cm³/mol. The number of carbonyl (C=O) groups excluding carboxylic acids is 2. The molecule has 7 nitrogen and oxygen atoms in total. The standard InChI is InChI=1S/C16H22ClN3O4/c1-8(24-16(2,3)4)9-7-18-13(21)12(9)10-6-11(14(22)23-5)20-15(17)19-10/h6,8-9,12H,7H2,1-5H3,(H,18,21)/t8-,9?,12-/m1/s1. The maximum absolute atomic E-state index is 12.3. The molecule has 1 saturated heterocycles. The normalized spacial score (nSPS) is 22.2. The molecule has 0 spiro atoms.